The van der Waals surface area contributed by atoms with Crippen LogP contribution in [0.2, 0.25) is 0 Å². The van der Waals surface area contributed by atoms with E-state index in [0.717, 1.165) is 38.5 Å². The van der Waals surface area contributed by atoms with Gasteiger partial charge in [-0.05, 0) is 37.8 Å². The molecule has 2 aliphatic rings. The second-order valence-corrected chi connectivity index (χ2v) is 7.18. The molecular weight excluding hydrogens is 300 g/mol. The number of carbonyl (C=O) groups is 2. The number of para-hydroxylation sites is 1. The van der Waals surface area contributed by atoms with Crippen LogP contribution in [0, 0.1) is 5.92 Å². The third-order valence-corrected chi connectivity index (χ3v) is 5.35. The quantitative estimate of drug-likeness (QED) is 0.867. The molecule has 0 unspecified atom stereocenters. The zero-order valence-corrected chi connectivity index (χ0v) is 14.4. The molecule has 0 heterocycles. The van der Waals surface area contributed by atoms with Crippen molar-refractivity contribution in [1.29, 1.82) is 0 Å². The Labute approximate surface area is 144 Å². The molecule has 2 aliphatic carbocycles. The normalized spacial score (nSPS) is 19.7. The molecule has 24 heavy (non-hydrogen) atoms. The van der Waals surface area contributed by atoms with Gasteiger partial charge in [-0.3, -0.25) is 9.59 Å². The average molecular weight is 328 g/mol. The Bertz CT molecular complexity index is 573. The van der Waals surface area contributed by atoms with Gasteiger partial charge in [0.25, 0.3) is 5.91 Å². The van der Waals surface area contributed by atoms with E-state index in [-0.39, 0.29) is 23.8 Å². The van der Waals surface area contributed by atoms with Gasteiger partial charge >= 0.3 is 0 Å². The van der Waals surface area contributed by atoms with Crippen LogP contribution in [-0.4, -0.2) is 17.9 Å². The smallest absolute Gasteiger partial charge is 0.253 e. The molecule has 0 atom stereocenters. The van der Waals surface area contributed by atoms with Gasteiger partial charge in [0.15, 0.2) is 0 Å². The first kappa shape index (κ1) is 17.0. The monoisotopic (exact) mass is 328 g/mol. The maximum Gasteiger partial charge on any atom is 0.253 e. The van der Waals surface area contributed by atoms with Gasteiger partial charge in [-0.2, -0.15) is 0 Å². The highest BCUT2D eigenvalue weighted by Crippen LogP contribution is 2.26. The number of benzene rings is 1. The highest BCUT2D eigenvalue weighted by atomic mass is 16.2. The molecule has 0 spiro atoms. The molecule has 1 aromatic carbocycles. The van der Waals surface area contributed by atoms with Gasteiger partial charge < -0.3 is 10.6 Å². The Morgan fingerprint density at radius 1 is 0.833 bits per heavy atom. The second kappa shape index (κ2) is 8.32. The molecule has 2 amide bonds. The van der Waals surface area contributed by atoms with Crippen LogP contribution in [0.25, 0.3) is 0 Å². The lowest BCUT2D eigenvalue weighted by Crippen LogP contribution is -2.36. The molecule has 4 heteroatoms. The lowest BCUT2D eigenvalue weighted by Gasteiger charge is -2.24. The fraction of sp³-hybridized carbons (Fsp3) is 0.600. The predicted octanol–water partition coefficient (Wildman–Crippen LogP) is 4.27. The Morgan fingerprint density at radius 3 is 2.17 bits per heavy atom. The lowest BCUT2D eigenvalue weighted by molar-refractivity contribution is -0.120. The van der Waals surface area contributed by atoms with Crippen molar-refractivity contribution in [2.75, 3.05) is 5.32 Å². The van der Waals surface area contributed by atoms with Gasteiger partial charge in [0.2, 0.25) is 5.91 Å². The van der Waals surface area contributed by atoms with Crippen LogP contribution in [-0.2, 0) is 4.79 Å². The topological polar surface area (TPSA) is 58.2 Å². The summed E-state index contributed by atoms with van der Waals surface area (Å²) in [7, 11) is 0. The highest BCUT2D eigenvalue weighted by molar-refractivity contribution is 6.04. The van der Waals surface area contributed by atoms with Gasteiger partial charge in [0, 0.05) is 12.0 Å². The first-order valence-corrected chi connectivity index (χ1v) is 9.45. The summed E-state index contributed by atoms with van der Waals surface area (Å²) in [5, 5.41) is 6.14. The molecule has 0 saturated heterocycles. The third-order valence-electron chi connectivity index (χ3n) is 5.35. The van der Waals surface area contributed by atoms with Crippen LogP contribution in [0.4, 0.5) is 5.69 Å². The van der Waals surface area contributed by atoms with Gasteiger partial charge in [0.05, 0.1) is 11.3 Å². The summed E-state index contributed by atoms with van der Waals surface area (Å²) in [5.41, 5.74) is 1.22. The van der Waals surface area contributed by atoms with Crippen molar-refractivity contribution in [3.05, 3.63) is 29.8 Å². The maximum absolute atomic E-state index is 12.6. The SMILES string of the molecule is O=C(NC1CCCCC1)c1ccccc1NC(=O)C1CCCCC1. The van der Waals surface area contributed by atoms with E-state index in [1.165, 1.54) is 25.7 Å². The van der Waals surface area contributed by atoms with E-state index in [2.05, 4.69) is 10.6 Å². The number of anilines is 1. The minimum atomic E-state index is -0.0681. The first-order valence-electron chi connectivity index (χ1n) is 9.45. The van der Waals surface area contributed by atoms with Gasteiger partial charge in [0.1, 0.15) is 0 Å². The molecule has 0 aromatic heterocycles. The van der Waals surface area contributed by atoms with Crippen LogP contribution in [0.1, 0.15) is 74.6 Å². The van der Waals surface area contributed by atoms with Crippen molar-refractivity contribution >= 4 is 17.5 Å². The van der Waals surface area contributed by atoms with Crippen molar-refractivity contribution in [3.8, 4) is 0 Å². The summed E-state index contributed by atoms with van der Waals surface area (Å²) in [6, 6.07) is 7.62. The molecular formula is C20H28N2O2. The zero-order valence-electron chi connectivity index (χ0n) is 14.4. The maximum atomic E-state index is 12.6. The number of nitrogens with one attached hydrogen (secondary N) is 2. The average Bonchev–Trinajstić information content (AvgIpc) is 2.63. The summed E-state index contributed by atoms with van der Waals surface area (Å²) in [6.07, 6.45) is 11.2. The Kier molecular flexibility index (Phi) is 5.89. The summed E-state index contributed by atoms with van der Waals surface area (Å²) in [4.78, 5) is 25.1. The Hall–Kier alpha value is -1.84. The van der Waals surface area contributed by atoms with E-state index in [1.807, 2.05) is 18.2 Å². The molecule has 1 aromatic rings. The van der Waals surface area contributed by atoms with Crippen molar-refractivity contribution in [3.63, 3.8) is 0 Å². The molecule has 0 radical (unpaired) electrons. The van der Waals surface area contributed by atoms with E-state index in [9.17, 15) is 9.59 Å². The molecule has 2 saturated carbocycles. The fourth-order valence-electron chi connectivity index (χ4n) is 3.90. The molecule has 0 aliphatic heterocycles. The molecule has 2 N–H and O–H groups in total. The fourth-order valence-corrected chi connectivity index (χ4v) is 3.90. The van der Waals surface area contributed by atoms with Crippen molar-refractivity contribution in [1.82, 2.24) is 5.32 Å². The molecule has 0 bridgehead atoms. The molecule has 130 valence electrons. The Morgan fingerprint density at radius 2 is 1.46 bits per heavy atom. The summed E-state index contributed by atoms with van der Waals surface area (Å²) in [6.45, 7) is 0. The molecule has 2 fully saturated rings. The van der Waals surface area contributed by atoms with Crippen molar-refractivity contribution in [2.24, 2.45) is 5.92 Å². The van der Waals surface area contributed by atoms with Gasteiger partial charge in [-0.15, -0.1) is 0 Å². The number of hydrogen-bond donors (Lipinski definition) is 2. The summed E-state index contributed by atoms with van der Waals surface area (Å²) >= 11 is 0. The number of amides is 2. The van der Waals surface area contributed by atoms with E-state index < -0.39 is 0 Å². The molecule has 4 nitrogen and oxygen atoms in total. The van der Waals surface area contributed by atoms with Crippen molar-refractivity contribution in [2.45, 2.75) is 70.3 Å². The number of carbonyl (C=O) groups excluding carboxylic acids is 2. The van der Waals surface area contributed by atoms with Crippen LogP contribution in [0.15, 0.2) is 24.3 Å². The van der Waals surface area contributed by atoms with E-state index in [1.54, 1.807) is 6.07 Å². The molecule has 3 rings (SSSR count). The second-order valence-electron chi connectivity index (χ2n) is 7.18. The predicted molar refractivity (Wildman–Crippen MR) is 96.0 cm³/mol. The van der Waals surface area contributed by atoms with Crippen molar-refractivity contribution < 1.29 is 9.59 Å². The minimum Gasteiger partial charge on any atom is -0.349 e. The summed E-state index contributed by atoms with van der Waals surface area (Å²) < 4.78 is 0. The number of hydrogen-bond acceptors (Lipinski definition) is 2. The van der Waals surface area contributed by atoms with Crippen LogP contribution in [0.5, 0.6) is 0 Å². The number of rotatable bonds is 4. The first-order chi connectivity index (χ1) is 11.7. The van der Waals surface area contributed by atoms with Gasteiger partial charge in [-0.1, -0.05) is 50.7 Å². The Balaban J connectivity index is 1.65. The standard InChI is InChI=1S/C20H28N2O2/c23-19(15-9-3-1-4-10-15)22-18-14-8-7-13-17(18)20(24)21-16-11-5-2-6-12-16/h7-8,13-16H,1-6,9-12H2,(H,21,24)(H,22,23). The minimum absolute atomic E-state index is 0.0626. The zero-order chi connectivity index (χ0) is 16.8. The largest absolute Gasteiger partial charge is 0.349 e. The van der Waals surface area contributed by atoms with Crippen LogP contribution >= 0.6 is 0 Å². The summed E-state index contributed by atoms with van der Waals surface area (Å²) in [5.74, 6) is 0.0854. The van der Waals surface area contributed by atoms with E-state index >= 15 is 0 Å². The van der Waals surface area contributed by atoms with Crippen LogP contribution < -0.4 is 10.6 Å². The van der Waals surface area contributed by atoms with E-state index in [0.29, 0.717) is 11.3 Å². The third kappa shape index (κ3) is 4.37. The van der Waals surface area contributed by atoms with E-state index in [4.69, 9.17) is 0 Å². The highest BCUT2D eigenvalue weighted by Gasteiger charge is 2.23. The lowest BCUT2D eigenvalue weighted by atomic mass is 9.88. The van der Waals surface area contributed by atoms with Gasteiger partial charge in [-0.25, -0.2) is 0 Å². The van der Waals surface area contributed by atoms with Crippen LogP contribution in [0.3, 0.4) is 0 Å².